The van der Waals surface area contributed by atoms with Gasteiger partial charge in [-0.25, -0.2) is 4.79 Å². The summed E-state index contributed by atoms with van der Waals surface area (Å²) >= 11 is 0. The number of aromatic nitrogens is 2. The van der Waals surface area contributed by atoms with Crippen molar-refractivity contribution in [2.24, 2.45) is 0 Å². The van der Waals surface area contributed by atoms with Crippen molar-refractivity contribution in [3.63, 3.8) is 0 Å². The summed E-state index contributed by atoms with van der Waals surface area (Å²) < 4.78 is 6.89. The van der Waals surface area contributed by atoms with E-state index in [9.17, 15) is 14.4 Å². The first-order valence-electron chi connectivity index (χ1n) is 9.98. The molecule has 0 aliphatic heterocycles. The number of carbonyl (C=O) groups excluding carboxylic acids is 1. The Morgan fingerprint density at radius 1 is 1.10 bits per heavy atom. The average Bonchev–Trinajstić information content (AvgIpc) is 2.72. The number of aryl methyl sites for hydroxylation is 2. The van der Waals surface area contributed by atoms with Crippen LogP contribution >= 0.6 is 0 Å². The van der Waals surface area contributed by atoms with Crippen molar-refractivity contribution in [2.45, 2.75) is 27.3 Å². The molecule has 0 radical (unpaired) electrons. The van der Waals surface area contributed by atoms with Gasteiger partial charge in [0.2, 0.25) is 0 Å². The molecule has 31 heavy (non-hydrogen) atoms. The number of anilines is 2. The minimum atomic E-state index is -0.714. The zero-order valence-electron chi connectivity index (χ0n) is 17.8. The number of H-pyrrole nitrogens is 1. The van der Waals surface area contributed by atoms with Crippen LogP contribution in [-0.4, -0.2) is 28.6 Å². The molecule has 0 fully saturated rings. The normalized spacial score (nSPS) is 10.7. The molecule has 1 aromatic heterocycles. The van der Waals surface area contributed by atoms with E-state index in [4.69, 9.17) is 10.5 Å². The fourth-order valence-corrected chi connectivity index (χ4v) is 3.46. The van der Waals surface area contributed by atoms with Crippen molar-refractivity contribution >= 4 is 17.4 Å². The van der Waals surface area contributed by atoms with Gasteiger partial charge in [-0.3, -0.25) is 19.1 Å². The maximum Gasteiger partial charge on any atom is 0.330 e. The smallest absolute Gasteiger partial charge is 0.330 e. The molecule has 0 saturated carbocycles. The molecule has 8 heteroatoms. The summed E-state index contributed by atoms with van der Waals surface area (Å²) in [4.78, 5) is 41.3. The second kappa shape index (κ2) is 9.34. The summed E-state index contributed by atoms with van der Waals surface area (Å²) in [5.74, 6) is 0.0563. The predicted molar refractivity (Wildman–Crippen MR) is 121 cm³/mol. The summed E-state index contributed by atoms with van der Waals surface area (Å²) in [7, 11) is 0. The van der Waals surface area contributed by atoms with Crippen LogP contribution < -0.4 is 26.6 Å². The number of carbonyl (C=O) groups is 1. The molecule has 8 nitrogen and oxygen atoms in total. The largest absolute Gasteiger partial charge is 0.484 e. The molecule has 3 aromatic rings. The van der Waals surface area contributed by atoms with E-state index in [1.807, 2.05) is 62.4 Å². The SMILES string of the molecule is CCN(C(=O)COc1cc(C)cc(C)c1)c1c(N)n(Cc2ccccc2)c(=O)[nH]c1=O. The molecule has 0 atom stereocenters. The highest BCUT2D eigenvalue weighted by atomic mass is 16.5. The van der Waals surface area contributed by atoms with Crippen LogP contribution in [0.4, 0.5) is 11.5 Å². The monoisotopic (exact) mass is 422 g/mol. The molecule has 0 aliphatic carbocycles. The third-order valence-corrected chi connectivity index (χ3v) is 4.84. The molecule has 0 aliphatic rings. The van der Waals surface area contributed by atoms with Crippen molar-refractivity contribution in [1.29, 1.82) is 0 Å². The Hall–Kier alpha value is -3.81. The Morgan fingerprint density at radius 3 is 2.35 bits per heavy atom. The highest BCUT2D eigenvalue weighted by Gasteiger charge is 2.23. The van der Waals surface area contributed by atoms with Crippen LogP contribution in [0.2, 0.25) is 0 Å². The Kier molecular flexibility index (Phi) is 6.59. The van der Waals surface area contributed by atoms with Crippen LogP contribution in [0.25, 0.3) is 0 Å². The highest BCUT2D eigenvalue weighted by Crippen LogP contribution is 2.19. The van der Waals surface area contributed by atoms with Crippen molar-refractivity contribution in [2.75, 3.05) is 23.8 Å². The maximum atomic E-state index is 12.9. The second-order valence-corrected chi connectivity index (χ2v) is 7.31. The summed E-state index contributed by atoms with van der Waals surface area (Å²) in [5, 5.41) is 0. The summed E-state index contributed by atoms with van der Waals surface area (Å²) in [6.07, 6.45) is 0. The number of hydrogen-bond acceptors (Lipinski definition) is 5. The number of rotatable bonds is 7. The zero-order valence-corrected chi connectivity index (χ0v) is 17.8. The first-order valence-corrected chi connectivity index (χ1v) is 9.98. The fraction of sp³-hybridized carbons (Fsp3) is 0.261. The number of aromatic amines is 1. The lowest BCUT2D eigenvalue weighted by Crippen LogP contribution is -2.42. The Labute approximate surface area is 179 Å². The van der Waals surface area contributed by atoms with E-state index in [-0.39, 0.29) is 31.2 Å². The van der Waals surface area contributed by atoms with Gasteiger partial charge in [-0.05, 0) is 49.6 Å². The number of nitrogen functional groups attached to an aromatic ring is 1. The van der Waals surface area contributed by atoms with Crippen LogP contribution in [0.5, 0.6) is 5.75 Å². The minimum Gasteiger partial charge on any atom is -0.484 e. The molecule has 2 aromatic carbocycles. The number of nitrogens with zero attached hydrogens (tertiary/aromatic N) is 2. The second-order valence-electron chi connectivity index (χ2n) is 7.31. The Bertz CT molecular complexity index is 1180. The van der Waals surface area contributed by atoms with E-state index in [0.717, 1.165) is 16.7 Å². The number of hydrogen-bond donors (Lipinski definition) is 2. The molecule has 0 spiro atoms. The van der Waals surface area contributed by atoms with Crippen molar-refractivity contribution in [3.8, 4) is 5.75 Å². The van der Waals surface area contributed by atoms with Crippen molar-refractivity contribution in [3.05, 3.63) is 86.1 Å². The van der Waals surface area contributed by atoms with E-state index < -0.39 is 17.2 Å². The van der Waals surface area contributed by atoms with Crippen LogP contribution in [0.15, 0.2) is 58.1 Å². The van der Waals surface area contributed by atoms with Crippen LogP contribution in [0, 0.1) is 13.8 Å². The summed E-state index contributed by atoms with van der Waals surface area (Å²) in [5.41, 5.74) is 7.66. The van der Waals surface area contributed by atoms with Gasteiger partial charge in [-0.1, -0.05) is 36.4 Å². The van der Waals surface area contributed by atoms with Gasteiger partial charge in [0.25, 0.3) is 11.5 Å². The van der Waals surface area contributed by atoms with Gasteiger partial charge in [-0.15, -0.1) is 0 Å². The number of nitrogens with two attached hydrogens (primary N) is 1. The predicted octanol–water partition coefficient (Wildman–Crippen LogP) is 2.22. The van der Waals surface area contributed by atoms with Crippen LogP contribution in [0.1, 0.15) is 23.6 Å². The lowest BCUT2D eigenvalue weighted by Gasteiger charge is -2.23. The van der Waals surface area contributed by atoms with Gasteiger partial charge < -0.3 is 15.4 Å². The number of amides is 1. The number of nitrogens with one attached hydrogen (secondary N) is 1. The molecule has 3 rings (SSSR count). The quantitative estimate of drug-likeness (QED) is 0.607. The zero-order chi connectivity index (χ0) is 22.5. The highest BCUT2D eigenvalue weighted by molar-refractivity contribution is 5.96. The third kappa shape index (κ3) is 5.03. The Balaban J connectivity index is 1.89. The molecule has 1 heterocycles. The number of ether oxygens (including phenoxy) is 1. The Morgan fingerprint density at radius 2 is 1.74 bits per heavy atom. The van der Waals surface area contributed by atoms with Gasteiger partial charge >= 0.3 is 5.69 Å². The van der Waals surface area contributed by atoms with Gasteiger partial charge in [0.1, 0.15) is 11.6 Å². The van der Waals surface area contributed by atoms with Crippen molar-refractivity contribution < 1.29 is 9.53 Å². The van der Waals surface area contributed by atoms with Crippen LogP contribution in [-0.2, 0) is 11.3 Å². The molecule has 162 valence electrons. The summed E-state index contributed by atoms with van der Waals surface area (Å²) in [6, 6.07) is 14.9. The van der Waals surface area contributed by atoms with Crippen molar-refractivity contribution in [1.82, 2.24) is 9.55 Å². The van der Waals surface area contributed by atoms with E-state index in [1.54, 1.807) is 6.92 Å². The van der Waals surface area contributed by atoms with Gasteiger partial charge in [0.15, 0.2) is 12.3 Å². The van der Waals surface area contributed by atoms with E-state index in [1.165, 1.54) is 9.47 Å². The lowest BCUT2D eigenvalue weighted by molar-refractivity contribution is -0.120. The number of benzene rings is 2. The van der Waals surface area contributed by atoms with Crippen LogP contribution in [0.3, 0.4) is 0 Å². The number of likely N-dealkylation sites (N-methyl/N-ethyl adjacent to an activating group) is 1. The molecule has 0 unspecified atom stereocenters. The molecule has 3 N–H and O–H groups in total. The van der Waals surface area contributed by atoms with E-state index in [2.05, 4.69) is 4.98 Å². The first kappa shape index (κ1) is 21.9. The van der Waals surface area contributed by atoms with Gasteiger partial charge in [0.05, 0.1) is 6.54 Å². The van der Waals surface area contributed by atoms with Gasteiger partial charge in [0, 0.05) is 6.54 Å². The maximum absolute atomic E-state index is 12.9. The van der Waals surface area contributed by atoms with Gasteiger partial charge in [-0.2, -0.15) is 0 Å². The van der Waals surface area contributed by atoms with E-state index in [0.29, 0.717) is 5.75 Å². The first-order chi connectivity index (χ1) is 14.8. The van der Waals surface area contributed by atoms with E-state index >= 15 is 0 Å². The fourth-order valence-electron chi connectivity index (χ4n) is 3.46. The molecule has 0 bridgehead atoms. The third-order valence-electron chi connectivity index (χ3n) is 4.84. The molecule has 1 amide bonds. The molecule has 0 saturated heterocycles. The molecular formula is C23H26N4O4. The summed E-state index contributed by atoms with van der Waals surface area (Å²) in [6.45, 7) is 5.69. The lowest BCUT2D eigenvalue weighted by atomic mass is 10.1. The standard InChI is InChI=1S/C23H26N4O4/c1-4-26(19(28)14-31-18-11-15(2)10-16(3)12-18)20-21(24)27(23(30)25-22(20)29)13-17-8-6-5-7-9-17/h5-12H,4,13-14,24H2,1-3H3,(H,25,29,30). The topological polar surface area (TPSA) is 110 Å². The molecular weight excluding hydrogens is 396 g/mol. The minimum absolute atomic E-state index is 0.0629. The average molecular weight is 422 g/mol.